The van der Waals surface area contributed by atoms with Crippen LogP contribution in [0, 0.1) is 0 Å². The average molecular weight is 348 g/mol. The van der Waals surface area contributed by atoms with Crippen LogP contribution in [0.3, 0.4) is 0 Å². The van der Waals surface area contributed by atoms with Crippen LogP contribution in [0.1, 0.15) is 46.2 Å². The zero-order valence-corrected chi connectivity index (χ0v) is 15.1. The maximum Gasteiger partial charge on any atom is 0.338 e. The van der Waals surface area contributed by atoms with E-state index in [9.17, 15) is 14.7 Å². The minimum Gasteiger partial charge on any atom is -0.504 e. The van der Waals surface area contributed by atoms with Gasteiger partial charge in [-0.1, -0.05) is 6.07 Å². The van der Waals surface area contributed by atoms with E-state index in [2.05, 4.69) is 10.6 Å². The molecule has 0 bridgehead atoms. The fraction of sp³-hybridized carbons (Fsp3) is 0.444. The number of carbonyl (C=O) groups excluding carboxylic acids is 2. The molecule has 0 spiro atoms. The van der Waals surface area contributed by atoms with Gasteiger partial charge in [-0.05, 0) is 52.3 Å². The minimum absolute atomic E-state index is 0.00891. The Balaban J connectivity index is 2.46. The number of phenols is 1. The van der Waals surface area contributed by atoms with Crippen LogP contribution in [0.15, 0.2) is 29.5 Å². The van der Waals surface area contributed by atoms with Crippen molar-refractivity contribution in [2.75, 3.05) is 6.61 Å². The molecule has 7 nitrogen and oxygen atoms in total. The lowest BCUT2D eigenvalue weighted by Crippen LogP contribution is -2.46. The Morgan fingerprint density at radius 1 is 1.32 bits per heavy atom. The number of allylic oxidation sites excluding steroid dienone is 1. The number of aromatic hydroxyl groups is 1. The van der Waals surface area contributed by atoms with Gasteiger partial charge in [0.15, 0.2) is 11.5 Å². The van der Waals surface area contributed by atoms with Crippen LogP contribution in [-0.4, -0.2) is 29.3 Å². The van der Waals surface area contributed by atoms with E-state index in [0.29, 0.717) is 23.4 Å². The van der Waals surface area contributed by atoms with Crippen molar-refractivity contribution in [1.82, 2.24) is 10.6 Å². The molecule has 1 aliphatic rings. The maximum atomic E-state index is 12.6. The second-order valence-corrected chi connectivity index (χ2v) is 6.73. The molecule has 25 heavy (non-hydrogen) atoms. The van der Waals surface area contributed by atoms with Gasteiger partial charge in [0, 0.05) is 5.70 Å². The molecular weight excluding hydrogens is 324 g/mol. The number of nitrogens with one attached hydrogen (secondary N) is 2. The number of rotatable bonds is 4. The summed E-state index contributed by atoms with van der Waals surface area (Å²) >= 11 is 0. The molecule has 2 rings (SSSR count). The molecule has 1 heterocycles. The van der Waals surface area contributed by atoms with E-state index in [1.54, 1.807) is 46.8 Å². The number of ether oxygens (including phenoxy) is 2. The minimum atomic E-state index is -0.705. The van der Waals surface area contributed by atoms with Gasteiger partial charge < -0.3 is 25.2 Å². The Hall–Kier alpha value is -2.70. The zero-order valence-electron chi connectivity index (χ0n) is 15.1. The van der Waals surface area contributed by atoms with Crippen molar-refractivity contribution in [3.05, 3.63) is 35.0 Å². The Kier molecular flexibility index (Phi) is 5.25. The largest absolute Gasteiger partial charge is 0.504 e. The average Bonchev–Trinajstić information content (AvgIpc) is 2.47. The maximum absolute atomic E-state index is 12.6. The number of hydrogen-bond acceptors (Lipinski definition) is 5. The molecule has 1 aliphatic heterocycles. The highest BCUT2D eigenvalue weighted by Gasteiger charge is 2.34. The summed E-state index contributed by atoms with van der Waals surface area (Å²) in [4.78, 5) is 24.5. The summed E-state index contributed by atoms with van der Waals surface area (Å²) in [5.41, 5.74) is 0.676. The molecule has 136 valence electrons. The third-order valence-corrected chi connectivity index (χ3v) is 3.50. The van der Waals surface area contributed by atoms with Gasteiger partial charge in [-0.2, -0.15) is 0 Å². The molecule has 0 fully saturated rings. The van der Waals surface area contributed by atoms with Crippen LogP contribution in [0.5, 0.6) is 11.5 Å². The fourth-order valence-electron chi connectivity index (χ4n) is 2.53. The molecule has 1 aromatic rings. The van der Waals surface area contributed by atoms with E-state index in [-0.39, 0.29) is 11.5 Å². The van der Waals surface area contributed by atoms with E-state index in [1.165, 1.54) is 6.07 Å². The Morgan fingerprint density at radius 3 is 2.60 bits per heavy atom. The fourth-order valence-corrected chi connectivity index (χ4v) is 2.53. The monoisotopic (exact) mass is 348 g/mol. The van der Waals surface area contributed by atoms with Gasteiger partial charge in [0.2, 0.25) is 0 Å². The summed E-state index contributed by atoms with van der Waals surface area (Å²) in [6.07, 6.45) is 0. The van der Waals surface area contributed by atoms with Crippen LogP contribution >= 0.6 is 0 Å². The number of carbonyl (C=O) groups is 2. The molecule has 2 amide bonds. The Labute approximate surface area is 147 Å². The van der Waals surface area contributed by atoms with Gasteiger partial charge in [0.25, 0.3) is 0 Å². The van der Waals surface area contributed by atoms with Crippen LogP contribution in [0.2, 0.25) is 0 Å². The van der Waals surface area contributed by atoms with Crippen molar-refractivity contribution in [1.29, 1.82) is 0 Å². The molecule has 1 unspecified atom stereocenters. The lowest BCUT2D eigenvalue weighted by molar-refractivity contribution is -0.150. The molecule has 7 heteroatoms. The Morgan fingerprint density at radius 2 is 2.00 bits per heavy atom. The van der Waals surface area contributed by atoms with Crippen molar-refractivity contribution in [3.63, 3.8) is 0 Å². The quantitative estimate of drug-likeness (QED) is 0.727. The number of benzene rings is 1. The van der Waals surface area contributed by atoms with Crippen LogP contribution in [0.4, 0.5) is 4.79 Å². The van der Waals surface area contributed by atoms with Crippen molar-refractivity contribution in [2.24, 2.45) is 0 Å². The standard InChI is InChI=1S/C18H24N2O5/c1-6-24-13-9-11(7-8-12(13)21)15-14(10(2)19-17(23)20-15)16(22)25-18(3,4)5/h7-9,15,21H,6H2,1-5H3,(H2,19,20,23). The highest BCUT2D eigenvalue weighted by molar-refractivity contribution is 5.95. The molecule has 0 saturated carbocycles. The van der Waals surface area contributed by atoms with E-state index >= 15 is 0 Å². The molecule has 0 aromatic heterocycles. The number of esters is 1. The van der Waals surface area contributed by atoms with Crippen LogP contribution < -0.4 is 15.4 Å². The molecule has 3 N–H and O–H groups in total. The van der Waals surface area contributed by atoms with Gasteiger partial charge in [0.1, 0.15) is 5.60 Å². The summed E-state index contributed by atoms with van der Waals surface area (Å²) in [5, 5.41) is 15.2. The Bertz CT molecular complexity index is 719. The highest BCUT2D eigenvalue weighted by Crippen LogP contribution is 2.34. The second-order valence-electron chi connectivity index (χ2n) is 6.73. The molecule has 1 atom stereocenters. The van der Waals surface area contributed by atoms with Crippen molar-refractivity contribution in [2.45, 2.75) is 46.3 Å². The van der Waals surface area contributed by atoms with Crippen molar-refractivity contribution < 1.29 is 24.2 Å². The van der Waals surface area contributed by atoms with Crippen LogP contribution in [-0.2, 0) is 9.53 Å². The predicted octanol–water partition coefficient (Wildman–Crippen LogP) is 2.76. The van der Waals surface area contributed by atoms with Crippen molar-refractivity contribution >= 4 is 12.0 Å². The summed E-state index contributed by atoms with van der Waals surface area (Å²) in [6.45, 7) is 9.15. The third-order valence-electron chi connectivity index (χ3n) is 3.50. The summed E-state index contributed by atoms with van der Waals surface area (Å²) < 4.78 is 10.9. The van der Waals surface area contributed by atoms with E-state index in [4.69, 9.17) is 9.47 Å². The summed E-state index contributed by atoms with van der Waals surface area (Å²) in [6, 6.07) is 3.58. The second kappa shape index (κ2) is 7.04. The molecule has 0 radical (unpaired) electrons. The number of hydrogen-bond donors (Lipinski definition) is 3. The third kappa shape index (κ3) is 4.43. The van der Waals surface area contributed by atoms with Crippen LogP contribution in [0.25, 0.3) is 0 Å². The van der Waals surface area contributed by atoms with Crippen molar-refractivity contribution in [3.8, 4) is 11.5 Å². The molecule has 0 aliphatic carbocycles. The number of urea groups is 1. The smallest absolute Gasteiger partial charge is 0.338 e. The predicted molar refractivity (Wildman–Crippen MR) is 92.2 cm³/mol. The van der Waals surface area contributed by atoms with Gasteiger partial charge >= 0.3 is 12.0 Å². The van der Waals surface area contributed by atoms with Gasteiger partial charge in [-0.25, -0.2) is 9.59 Å². The molecule has 1 aromatic carbocycles. The first kappa shape index (κ1) is 18.6. The first-order chi connectivity index (χ1) is 11.6. The zero-order chi connectivity index (χ0) is 18.8. The first-order valence-corrected chi connectivity index (χ1v) is 8.09. The molecular formula is C18H24N2O5. The summed E-state index contributed by atoms with van der Waals surface area (Å²) in [7, 11) is 0. The number of amides is 2. The van der Waals surface area contributed by atoms with Gasteiger partial charge in [0.05, 0.1) is 18.2 Å². The SMILES string of the molecule is CCOc1cc(C2NC(=O)NC(C)=C2C(=O)OC(C)(C)C)ccc1O. The van der Waals surface area contributed by atoms with E-state index in [1.807, 2.05) is 0 Å². The first-order valence-electron chi connectivity index (χ1n) is 8.09. The van der Waals surface area contributed by atoms with E-state index in [0.717, 1.165) is 0 Å². The normalized spacial score (nSPS) is 17.6. The topological polar surface area (TPSA) is 96.9 Å². The van der Waals surface area contributed by atoms with Gasteiger partial charge in [-0.3, -0.25) is 0 Å². The number of phenolic OH excluding ortho intramolecular Hbond substituents is 1. The summed E-state index contributed by atoms with van der Waals surface area (Å²) in [5.74, 6) is -0.243. The van der Waals surface area contributed by atoms with Gasteiger partial charge in [-0.15, -0.1) is 0 Å². The molecule has 0 saturated heterocycles. The highest BCUT2D eigenvalue weighted by atomic mass is 16.6. The lowest BCUT2D eigenvalue weighted by Gasteiger charge is -2.30. The lowest BCUT2D eigenvalue weighted by atomic mass is 9.95. The van der Waals surface area contributed by atoms with E-state index < -0.39 is 23.6 Å².